The van der Waals surface area contributed by atoms with Gasteiger partial charge in [-0.25, -0.2) is 4.21 Å². The number of hydrogen-bond acceptors (Lipinski definition) is 7. The highest BCUT2D eigenvalue weighted by molar-refractivity contribution is 7.92. The smallest absolute Gasteiger partial charge is 0.188 e. The Hall–Kier alpha value is -2.97. The molecule has 7 nitrogen and oxygen atoms in total. The second kappa shape index (κ2) is 8.52. The third-order valence-electron chi connectivity index (χ3n) is 5.40. The molecule has 1 atom stereocenters. The molecule has 3 aromatic rings. The number of nitrogens with zero attached hydrogens (tertiary/aromatic N) is 4. The summed E-state index contributed by atoms with van der Waals surface area (Å²) in [6.07, 6.45) is 3.04. The minimum atomic E-state index is -2.29. The van der Waals surface area contributed by atoms with E-state index in [0.717, 1.165) is 23.2 Å². The molecule has 1 aliphatic heterocycles. The maximum Gasteiger partial charge on any atom is 0.188 e. The van der Waals surface area contributed by atoms with Crippen LogP contribution in [0.2, 0.25) is 0 Å². The van der Waals surface area contributed by atoms with Crippen LogP contribution in [0.25, 0.3) is 11.3 Å². The molecule has 32 heavy (non-hydrogen) atoms. The van der Waals surface area contributed by atoms with Crippen molar-refractivity contribution >= 4 is 21.2 Å². The van der Waals surface area contributed by atoms with Crippen LogP contribution in [0.1, 0.15) is 35.3 Å². The topological polar surface area (TPSA) is 93.7 Å². The Bertz CT molecular complexity index is 1290. The van der Waals surface area contributed by atoms with Crippen molar-refractivity contribution in [2.45, 2.75) is 33.0 Å². The van der Waals surface area contributed by atoms with Gasteiger partial charge < -0.3 is 10.5 Å². The zero-order valence-electron chi connectivity index (χ0n) is 19.1. The number of ether oxygens (including phenoxy) is 1. The van der Waals surface area contributed by atoms with Crippen molar-refractivity contribution < 1.29 is 8.95 Å². The molecule has 0 unspecified atom stereocenters. The fourth-order valence-corrected chi connectivity index (χ4v) is 4.61. The van der Waals surface area contributed by atoms with Gasteiger partial charge in [-0.15, -0.1) is 10.2 Å². The summed E-state index contributed by atoms with van der Waals surface area (Å²) >= 11 is 0. The van der Waals surface area contributed by atoms with E-state index in [1.54, 1.807) is 12.5 Å². The average Bonchev–Trinajstić information content (AvgIpc) is 2.70. The monoisotopic (exact) mass is 451 g/mol. The summed E-state index contributed by atoms with van der Waals surface area (Å²) in [5, 5.41) is 8.50. The van der Waals surface area contributed by atoms with Gasteiger partial charge >= 0.3 is 0 Å². The summed E-state index contributed by atoms with van der Waals surface area (Å²) in [5.41, 5.74) is 12.9. The molecule has 0 aliphatic carbocycles. The first-order valence-electron chi connectivity index (χ1n) is 10.5. The Morgan fingerprint density at radius 2 is 1.81 bits per heavy atom. The Kier molecular flexibility index (Phi) is 5.92. The molecular formula is C24H29N5O2S. The summed E-state index contributed by atoms with van der Waals surface area (Å²) in [7, 11) is -0.200. The van der Waals surface area contributed by atoms with E-state index in [1.165, 1.54) is 11.1 Å². The number of hydrogen-bond donors (Lipinski definition) is 1. The number of rotatable bonds is 1. The van der Waals surface area contributed by atoms with Crippen molar-refractivity contribution in [1.82, 2.24) is 15.1 Å². The number of nitrogen functional groups attached to an aromatic ring is 1. The van der Waals surface area contributed by atoms with Crippen molar-refractivity contribution in [2.75, 3.05) is 25.3 Å². The minimum absolute atomic E-state index is 0.206. The molecule has 8 heteroatoms. The Balaban J connectivity index is 1.90. The van der Waals surface area contributed by atoms with E-state index in [-0.39, 0.29) is 11.9 Å². The number of benzene rings is 2. The SMILES string of the molecule is Cc1ccc2c(c1)[C@@H](C)Oc1cc(nnc1N)-c1cc(N=S(C)(C)=O)ccc1CN(C)C2. The minimum Gasteiger partial charge on any atom is -0.482 e. The summed E-state index contributed by atoms with van der Waals surface area (Å²) in [6.45, 7) is 5.57. The van der Waals surface area contributed by atoms with Gasteiger partial charge in [-0.1, -0.05) is 29.8 Å². The molecule has 2 aromatic carbocycles. The van der Waals surface area contributed by atoms with Crippen LogP contribution in [-0.2, 0) is 22.8 Å². The summed E-state index contributed by atoms with van der Waals surface area (Å²) in [4.78, 5) is 2.26. The summed E-state index contributed by atoms with van der Waals surface area (Å²) in [5.74, 6) is 0.739. The van der Waals surface area contributed by atoms with Gasteiger partial charge in [0.05, 0.1) is 11.4 Å². The quantitative estimate of drug-likeness (QED) is 0.586. The fourth-order valence-electron chi connectivity index (χ4n) is 3.99. The van der Waals surface area contributed by atoms with Crippen LogP contribution < -0.4 is 10.5 Å². The van der Waals surface area contributed by atoms with Crippen LogP contribution in [0.5, 0.6) is 5.75 Å². The molecular weight excluding hydrogens is 422 g/mol. The van der Waals surface area contributed by atoms with Crippen molar-refractivity contribution in [3.63, 3.8) is 0 Å². The first kappa shape index (κ1) is 22.2. The van der Waals surface area contributed by atoms with E-state index in [2.05, 4.69) is 51.6 Å². The first-order chi connectivity index (χ1) is 15.1. The Labute approximate surface area is 189 Å². The van der Waals surface area contributed by atoms with E-state index in [9.17, 15) is 4.21 Å². The van der Waals surface area contributed by atoms with E-state index in [4.69, 9.17) is 10.5 Å². The molecule has 0 saturated heterocycles. The van der Waals surface area contributed by atoms with Crippen LogP contribution in [0.4, 0.5) is 11.5 Å². The third-order valence-corrected chi connectivity index (χ3v) is 6.05. The standard InChI is InChI=1S/C24H29N5O2S/c1-15-6-7-17-13-29(3)14-18-8-9-19(28-32(4,5)30)11-21(18)22-12-23(24(25)27-26-22)31-16(2)20(17)10-15/h6-12,16H,13-14H2,1-5H3,(H2,25,27)/t16-/m1/s1. The number of nitrogens with two attached hydrogens (primary N) is 1. The van der Waals surface area contributed by atoms with Gasteiger partial charge in [0.2, 0.25) is 0 Å². The van der Waals surface area contributed by atoms with Crippen LogP contribution in [0.15, 0.2) is 46.8 Å². The molecule has 0 spiro atoms. The van der Waals surface area contributed by atoms with Gasteiger partial charge in [-0.3, -0.25) is 4.90 Å². The van der Waals surface area contributed by atoms with Gasteiger partial charge in [-0.2, -0.15) is 4.36 Å². The molecule has 0 amide bonds. The normalized spacial score (nSPS) is 16.7. The maximum absolute atomic E-state index is 12.2. The molecule has 168 valence electrons. The highest BCUT2D eigenvalue weighted by Crippen LogP contribution is 2.35. The van der Waals surface area contributed by atoms with Crippen LogP contribution >= 0.6 is 0 Å². The average molecular weight is 452 g/mol. The molecule has 0 saturated carbocycles. The van der Waals surface area contributed by atoms with Gasteiger partial charge in [-0.05, 0) is 49.7 Å². The first-order valence-corrected chi connectivity index (χ1v) is 12.8. The predicted octanol–water partition coefficient (Wildman–Crippen LogP) is 4.48. The van der Waals surface area contributed by atoms with Crippen LogP contribution in [0.3, 0.4) is 0 Å². The van der Waals surface area contributed by atoms with Gasteiger partial charge in [0, 0.05) is 47.0 Å². The lowest BCUT2D eigenvalue weighted by molar-refractivity contribution is 0.223. The number of anilines is 1. The molecule has 2 heterocycles. The molecule has 4 rings (SSSR count). The lowest BCUT2D eigenvalue weighted by atomic mass is 9.98. The molecule has 1 aliphatic rings. The molecule has 1 aromatic heterocycles. The second-order valence-electron chi connectivity index (χ2n) is 8.73. The lowest BCUT2D eigenvalue weighted by Crippen LogP contribution is -2.20. The van der Waals surface area contributed by atoms with Crippen LogP contribution in [-0.4, -0.2) is 38.9 Å². The largest absolute Gasteiger partial charge is 0.482 e. The van der Waals surface area contributed by atoms with Crippen molar-refractivity contribution in [3.05, 3.63) is 64.7 Å². The summed E-state index contributed by atoms with van der Waals surface area (Å²) < 4.78 is 22.9. The van der Waals surface area contributed by atoms with Gasteiger partial charge in [0.1, 0.15) is 6.10 Å². The number of aromatic nitrogens is 2. The van der Waals surface area contributed by atoms with E-state index < -0.39 is 9.73 Å². The van der Waals surface area contributed by atoms with Gasteiger partial charge in [0.15, 0.2) is 11.6 Å². The highest BCUT2D eigenvalue weighted by Gasteiger charge is 2.20. The van der Waals surface area contributed by atoms with Crippen LogP contribution in [0, 0.1) is 6.92 Å². The fraction of sp³-hybridized carbons (Fsp3) is 0.333. The second-order valence-corrected chi connectivity index (χ2v) is 11.3. The van der Waals surface area contributed by atoms with Crippen molar-refractivity contribution in [1.29, 1.82) is 0 Å². The number of fused-ring (bicyclic) bond motifs is 5. The zero-order chi connectivity index (χ0) is 23.0. The molecule has 2 N–H and O–H groups in total. The Morgan fingerprint density at radius 3 is 2.56 bits per heavy atom. The molecule has 0 fully saturated rings. The lowest BCUT2D eigenvalue weighted by Gasteiger charge is -2.25. The highest BCUT2D eigenvalue weighted by atomic mass is 32.2. The van der Waals surface area contributed by atoms with Gasteiger partial charge in [0.25, 0.3) is 0 Å². The number of aryl methyl sites for hydroxylation is 1. The van der Waals surface area contributed by atoms with E-state index in [1.807, 2.05) is 31.2 Å². The van der Waals surface area contributed by atoms with Crippen molar-refractivity contribution in [2.24, 2.45) is 4.36 Å². The zero-order valence-corrected chi connectivity index (χ0v) is 19.9. The Morgan fingerprint density at radius 1 is 1.09 bits per heavy atom. The van der Waals surface area contributed by atoms with E-state index in [0.29, 0.717) is 23.7 Å². The maximum atomic E-state index is 12.2. The third kappa shape index (κ3) is 4.92. The van der Waals surface area contributed by atoms with E-state index >= 15 is 0 Å². The molecule has 2 bridgehead atoms. The molecule has 0 radical (unpaired) electrons. The van der Waals surface area contributed by atoms with Crippen molar-refractivity contribution in [3.8, 4) is 17.0 Å². The predicted molar refractivity (Wildman–Crippen MR) is 129 cm³/mol. The summed E-state index contributed by atoms with van der Waals surface area (Å²) in [6, 6.07) is 14.1.